The number of aryl methyl sites for hydroxylation is 2. The molecule has 1 rings (SSSR count). The summed E-state index contributed by atoms with van der Waals surface area (Å²) in [7, 11) is 0. The molecule has 17 heavy (non-hydrogen) atoms. The Kier molecular flexibility index (Phi) is 5.45. The van der Waals surface area contributed by atoms with Crippen molar-refractivity contribution in [2.24, 2.45) is 0 Å². The second-order valence-corrected chi connectivity index (χ2v) is 4.56. The fraction of sp³-hybridized carbons (Fsp3) is 0.571. The highest BCUT2D eigenvalue weighted by Crippen LogP contribution is 2.21. The molecule has 0 fully saturated rings. The Hall–Kier alpha value is -1.06. The summed E-state index contributed by atoms with van der Waals surface area (Å²) in [6, 6.07) is 4.13. The van der Waals surface area contributed by atoms with E-state index in [9.17, 15) is 5.11 Å². The van der Waals surface area contributed by atoms with Gasteiger partial charge < -0.3 is 15.5 Å². The van der Waals surface area contributed by atoms with E-state index in [1.807, 2.05) is 19.9 Å². The molecule has 0 aliphatic heterocycles. The van der Waals surface area contributed by atoms with Gasteiger partial charge in [-0.05, 0) is 43.9 Å². The predicted octanol–water partition coefficient (Wildman–Crippen LogP) is 2.26. The van der Waals surface area contributed by atoms with E-state index in [0.29, 0.717) is 18.3 Å². The molecule has 0 saturated heterocycles. The zero-order chi connectivity index (χ0) is 12.8. The number of phenolic OH excluding ortho intramolecular Hbond substituents is 1. The van der Waals surface area contributed by atoms with Crippen molar-refractivity contribution in [3.8, 4) is 5.75 Å². The molecule has 1 unspecified atom stereocenters. The van der Waals surface area contributed by atoms with Crippen molar-refractivity contribution in [1.82, 2.24) is 5.32 Å². The first kappa shape index (κ1) is 14.0. The molecular weight excluding hydrogens is 214 g/mol. The van der Waals surface area contributed by atoms with Gasteiger partial charge in [-0.25, -0.2) is 0 Å². The highest BCUT2D eigenvalue weighted by Gasteiger charge is 2.08. The van der Waals surface area contributed by atoms with Crippen LogP contribution in [0, 0.1) is 13.8 Å². The molecule has 0 spiro atoms. The summed E-state index contributed by atoms with van der Waals surface area (Å²) < 4.78 is 0. The molecule has 0 radical (unpaired) electrons. The highest BCUT2D eigenvalue weighted by atomic mass is 16.3. The largest absolute Gasteiger partial charge is 0.508 e. The van der Waals surface area contributed by atoms with E-state index < -0.39 is 0 Å². The predicted molar refractivity (Wildman–Crippen MR) is 70.2 cm³/mol. The normalized spacial score (nSPS) is 12.7. The maximum atomic E-state index is 9.84. The highest BCUT2D eigenvalue weighted by molar-refractivity contribution is 5.40. The number of phenols is 1. The Labute approximate surface area is 103 Å². The third-order valence-electron chi connectivity index (χ3n) is 3.25. The third-order valence-corrected chi connectivity index (χ3v) is 3.25. The smallest absolute Gasteiger partial charge is 0.120 e. The lowest BCUT2D eigenvalue weighted by Gasteiger charge is -2.17. The molecule has 1 atom stereocenters. The Morgan fingerprint density at radius 2 is 1.88 bits per heavy atom. The summed E-state index contributed by atoms with van der Waals surface area (Å²) in [4.78, 5) is 0. The Bertz CT molecular complexity index is 363. The number of aliphatic hydroxyl groups is 1. The van der Waals surface area contributed by atoms with Crippen molar-refractivity contribution in [1.29, 1.82) is 0 Å². The van der Waals surface area contributed by atoms with E-state index in [2.05, 4.69) is 12.2 Å². The van der Waals surface area contributed by atoms with Crippen LogP contribution in [-0.2, 0) is 6.54 Å². The van der Waals surface area contributed by atoms with Crippen LogP contribution in [0.4, 0.5) is 0 Å². The lowest BCUT2D eigenvalue weighted by atomic mass is 10.0. The van der Waals surface area contributed by atoms with Gasteiger partial charge >= 0.3 is 0 Å². The monoisotopic (exact) mass is 237 g/mol. The molecule has 0 aromatic heterocycles. The van der Waals surface area contributed by atoms with E-state index in [-0.39, 0.29) is 6.61 Å². The van der Waals surface area contributed by atoms with E-state index in [1.54, 1.807) is 6.07 Å². The van der Waals surface area contributed by atoms with Gasteiger partial charge in [0, 0.05) is 24.8 Å². The van der Waals surface area contributed by atoms with Crippen LogP contribution in [0.25, 0.3) is 0 Å². The molecule has 0 amide bonds. The minimum absolute atomic E-state index is 0.199. The first-order valence-corrected chi connectivity index (χ1v) is 6.21. The molecule has 0 heterocycles. The van der Waals surface area contributed by atoms with E-state index in [1.165, 1.54) is 5.56 Å². The van der Waals surface area contributed by atoms with Gasteiger partial charge in [-0.1, -0.05) is 13.0 Å². The van der Waals surface area contributed by atoms with Crippen LogP contribution in [0.15, 0.2) is 12.1 Å². The first-order valence-electron chi connectivity index (χ1n) is 6.21. The molecule has 3 N–H and O–H groups in total. The molecule has 1 aromatic rings. The average Bonchev–Trinajstić information content (AvgIpc) is 2.30. The SMILES string of the molecule is CCC(CCO)NCc1cc(C)c(C)cc1O. The number of aliphatic hydroxyl groups excluding tert-OH is 1. The van der Waals surface area contributed by atoms with Crippen molar-refractivity contribution < 1.29 is 10.2 Å². The molecule has 0 saturated carbocycles. The summed E-state index contributed by atoms with van der Waals surface area (Å²) >= 11 is 0. The zero-order valence-electron chi connectivity index (χ0n) is 11.0. The lowest BCUT2D eigenvalue weighted by Crippen LogP contribution is -2.28. The number of aromatic hydroxyl groups is 1. The van der Waals surface area contributed by atoms with Gasteiger partial charge in [-0.2, -0.15) is 0 Å². The topological polar surface area (TPSA) is 52.5 Å². The maximum absolute atomic E-state index is 9.84. The van der Waals surface area contributed by atoms with Crippen LogP contribution >= 0.6 is 0 Å². The molecule has 96 valence electrons. The number of hydrogen-bond donors (Lipinski definition) is 3. The van der Waals surface area contributed by atoms with Gasteiger partial charge in [0.1, 0.15) is 5.75 Å². The third kappa shape index (κ3) is 4.02. The summed E-state index contributed by atoms with van der Waals surface area (Å²) in [5.74, 6) is 0.347. The minimum Gasteiger partial charge on any atom is -0.508 e. The Morgan fingerprint density at radius 1 is 1.24 bits per heavy atom. The molecule has 0 bridgehead atoms. The van der Waals surface area contributed by atoms with E-state index in [0.717, 1.165) is 24.0 Å². The van der Waals surface area contributed by atoms with Gasteiger partial charge in [0.05, 0.1) is 0 Å². The van der Waals surface area contributed by atoms with Crippen molar-refractivity contribution >= 4 is 0 Å². The number of rotatable bonds is 6. The van der Waals surface area contributed by atoms with Crippen LogP contribution in [-0.4, -0.2) is 22.9 Å². The second-order valence-electron chi connectivity index (χ2n) is 4.56. The number of nitrogens with one attached hydrogen (secondary N) is 1. The fourth-order valence-electron chi connectivity index (χ4n) is 1.86. The van der Waals surface area contributed by atoms with Crippen molar-refractivity contribution in [2.45, 2.75) is 46.2 Å². The summed E-state index contributed by atoms with van der Waals surface area (Å²) in [6.45, 7) is 6.97. The molecule has 3 heteroatoms. The van der Waals surface area contributed by atoms with Crippen molar-refractivity contribution in [2.75, 3.05) is 6.61 Å². The van der Waals surface area contributed by atoms with Gasteiger partial charge in [0.25, 0.3) is 0 Å². The molecule has 0 aliphatic rings. The van der Waals surface area contributed by atoms with Crippen LogP contribution in [0.2, 0.25) is 0 Å². The van der Waals surface area contributed by atoms with Crippen LogP contribution in [0.1, 0.15) is 36.5 Å². The van der Waals surface area contributed by atoms with Crippen LogP contribution < -0.4 is 5.32 Å². The zero-order valence-corrected chi connectivity index (χ0v) is 11.0. The van der Waals surface area contributed by atoms with Gasteiger partial charge in [0.15, 0.2) is 0 Å². The maximum Gasteiger partial charge on any atom is 0.120 e. The first-order chi connectivity index (χ1) is 8.08. The minimum atomic E-state index is 0.199. The van der Waals surface area contributed by atoms with E-state index in [4.69, 9.17) is 5.11 Å². The Morgan fingerprint density at radius 3 is 2.47 bits per heavy atom. The number of hydrogen-bond acceptors (Lipinski definition) is 3. The van der Waals surface area contributed by atoms with Crippen molar-refractivity contribution in [3.05, 3.63) is 28.8 Å². The lowest BCUT2D eigenvalue weighted by molar-refractivity contribution is 0.261. The summed E-state index contributed by atoms with van der Waals surface area (Å²) in [5, 5.41) is 22.1. The molecular formula is C14H23NO2. The summed E-state index contributed by atoms with van der Waals surface area (Å²) in [6.07, 6.45) is 1.73. The summed E-state index contributed by atoms with van der Waals surface area (Å²) in [5.41, 5.74) is 3.22. The van der Waals surface area contributed by atoms with E-state index >= 15 is 0 Å². The standard InChI is InChI=1S/C14H23NO2/c1-4-13(5-6-16)15-9-12-7-10(2)11(3)8-14(12)17/h7-8,13,15-17H,4-6,9H2,1-3H3. The molecule has 0 aliphatic carbocycles. The van der Waals surface area contributed by atoms with Gasteiger partial charge in [-0.3, -0.25) is 0 Å². The number of benzene rings is 1. The second kappa shape index (κ2) is 6.62. The van der Waals surface area contributed by atoms with Gasteiger partial charge in [-0.15, -0.1) is 0 Å². The molecule has 1 aromatic carbocycles. The Balaban J connectivity index is 2.65. The van der Waals surface area contributed by atoms with Gasteiger partial charge in [0.2, 0.25) is 0 Å². The molecule has 3 nitrogen and oxygen atoms in total. The fourth-order valence-corrected chi connectivity index (χ4v) is 1.86. The average molecular weight is 237 g/mol. The van der Waals surface area contributed by atoms with Crippen LogP contribution in [0.5, 0.6) is 5.75 Å². The van der Waals surface area contributed by atoms with Crippen LogP contribution in [0.3, 0.4) is 0 Å². The quantitative estimate of drug-likeness (QED) is 0.711. The van der Waals surface area contributed by atoms with Crippen molar-refractivity contribution in [3.63, 3.8) is 0 Å².